The summed E-state index contributed by atoms with van der Waals surface area (Å²) in [5.41, 5.74) is 5.90. The van der Waals surface area contributed by atoms with E-state index in [9.17, 15) is 9.90 Å². The minimum atomic E-state index is -0.173. The Labute approximate surface area is 209 Å². The minimum absolute atomic E-state index is 0.00805. The Balaban J connectivity index is 1.39. The van der Waals surface area contributed by atoms with Crippen molar-refractivity contribution in [3.63, 3.8) is 0 Å². The second-order valence-corrected chi connectivity index (χ2v) is 10.5. The number of aromatic nitrogens is 2. The third kappa shape index (κ3) is 4.51. The normalized spacial score (nSPS) is 18.8. The molecule has 1 aromatic heterocycles. The number of thioether (sulfide) groups is 1. The van der Waals surface area contributed by atoms with Crippen molar-refractivity contribution in [2.45, 2.75) is 36.1 Å². The quantitative estimate of drug-likeness (QED) is 0.603. The highest BCUT2D eigenvalue weighted by Crippen LogP contribution is 2.43. The molecule has 0 spiro atoms. The van der Waals surface area contributed by atoms with Gasteiger partial charge in [0.15, 0.2) is 5.69 Å². The van der Waals surface area contributed by atoms with Gasteiger partial charge in [0.25, 0.3) is 5.91 Å². The van der Waals surface area contributed by atoms with E-state index < -0.39 is 0 Å². The van der Waals surface area contributed by atoms with Crippen LogP contribution in [0.25, 0.3) is 16.9 Å². The van der Waals surface area contributed by atoms with E-state index in [0.29, 0.717) is 32.0 Å². The molecule has 4 heterocycles. The van der Waals surface area contributed by atoms with Gasteiger partial charge in [-0.1, -0.05) is 30.3 Å². The number of hydrogen-bond donors (Lipinski definition) is 1. The van der Waals surface area contributed by atoms with E-state index in [1.54, 1.807) is 11.8 Å². The van der Waals surface area contributed by atoms with Crippen LogP contribution >= 0.6 is 11.8 Å². The number of nitrogens with zero attached hydrogens (tertiary/aromatic N) is 4. The first-order valence-electron chi connectivity index (χ1n) is 12.4. The van der Waals surface area contributed by atoms with Crippen LogP contribution in [0, 0.1) is 0 Å². The molecule has 8 heteroatoms. The summed E-state index contributed by atoms with van der Waals surface area (Å²) in [5.74, 6) is 0.722. The maximum atomic E-state index is 13.5. The molecular weight excluding hydrogens is 460 g/mol. The second-order valence-electron chi connectivity index (χ2n) is 9.45. The summed E-state index contributed by atoms with van der Waals surface area (Å²) < 4.78 is 7.44. The minimum Gasteiger partial charge on any atom is -0.393 e. The van der Waals surface area contributed by atoms with Gasteiger partial charge in [0.05, 0.1) is 30.7 Å². The van der Waals surface area contributed by atoms with Crippen LogP contribution in [-0.4, -0.2) is 76.1 Å². The number of benzene rings is 2. The van der Waals surface area contributed by atoms with Crippen LogP contribution in [-0.2, 0) is 17.0 Å². The van der Waals surface area contributed by atoms with Crippen molar-refractivity contribution in [3.05, 3.63) is 65.4 Å². The van der Waals surface area contributed by atoms with E-state index in [0.717, 1.165) is 60.7 Å². The van der Waals surface area contributed by atoms with Crippen LogP contribution in [0.5, 0.6) is 0 Å². The second kappa shape index (κ2) is 9.78. The number of aliphatic hydroxyl groups excluding tert-OH is 1. The van der Waals surface area contributed by atoms with Gasteiger partial charge in [0, 0.05) is 54.5 Å². The fraction of sp³-hybridized carbons (Fsp3) is 0.407. The molecule has 182 valence electrons. The van der Waals surface area contributed by atoms with Crippen LogP contribution in [0.4, 0.5) is 0 Å². The number of rotatable bonds is 4. The molecule has 3 aliphatic heterocycles. The van der Waals surface area contributed by atoms with Crippen molar-refractivity contribution in [3.8, 4) is 16.9 Å². The fourth-order valence-electron chi connectivity index (χ4n) is 5.20. The number of hydrogen-bond acceptors (Lipinski definition) is 6. The summed E-state index contributed by atoms with van der Waals surface area (Å²) in [7, 11) is 0. The van der Waals surface area contributed by atoms with E-state index in [2.05, 4.69) is 53.4 Å². The van der Waals surface area contributed by atoms with Gasteiger partial charge in [0.2, 0.25) is 0 Å². The molecule has 0 aliphatic carbocycles. The number of carbonyl (C=O) groups is 1. The van der Waals surface area contributed by atoms with Crippen LogP contribution in [0.15, 0.2) is 53.4 Å². The number of likely N-dealkylation sites (tertiary alicyclic amines) is 1. The Hall–Kier alpha value is -2.65. The Morgan fingerprint density at radius 3 is 2.69 bits per heavy atom. The highest BCUT2D eigenvalue weighted by Gasteiger charge is 2.32. The molecule has 0 bridgehead atoms. The molecule has 3 aromatic rings. The molecule has 2 aromatic carbocycles. The van der Waals surface area contributed by atoms with Crippen molar-refractivity contribution in [1.82, 2.24) is 19.6 Å². The number of piperidine rings is 1. The molecule has 3 aliphatic rings. The Morgan fingerprint density at radius 1 is 1.06 bits per heavy atom. The van der Waals surface area contributed by atoms with Crippen molar-refractivity contribution >= 4 is 17.7 Å². The molecule has 2 saturated heterocycles. The molecule has 1 N–H and O–H groups in total. The van der Waals surface area contributed by atoms with Crippen LogP contribution in [0.3, 0.4) is 0 Å². The van der Waals surface area contributed by atoms with E-state index in [1.165, 1.54) is 10.5 Å². The highest BCUT2D eigenvalue weighted by atomic mass is 32.2. The van der Waals surface area contributed by atoms with E-state index in [1.807, 2.05) is 9.58 Å². The zero-order valence-electron chi connectivity index (χ0n) is 19.7. The lowest BCUT2D eigenvalue weighted by Crippen LogP contribution is -2.41. The van der Waals surface area contributed by atoms with E-state index >= 15 is 0 Å². The van der Waals surface area contributed by atoms with Gasteiger partial charge in [-0.15, -0.1) is 11.8 Å². The highest BCUT2D eigenvalue weighted by molar-refractivity contribution is 7.98. The van der Waals surface area contributed by atoms with Gasteiger partial charge in [-0.3, -0.25) is 9.69 Å². The molecular formula is C27H30N4O3S. The van der Waals surface area contributed by atoms with Gasteiger partial charge >= 0.3 is 0 Å². The molecule has 35 heavy (non-hydrogen) atoms. The van der Waals surface area contributed by atoms with Crippen LogP contribution < -0.4 is 0 Å². The van der Waals surface area contributed by atoms with Crippen LogP contribution in [0.2, 0.25) is 0 Å². The molecule has 0 atom stereocenters. The molecule has 7 nitrogen and oxygen atoms in total. The number of morpholine rings is 1. The Kier molecular flexibility index (Phi) is 6.37. The third-order valence-electron chi connectivity index (χ3n) is 7.12. The summed E-state index contributed by atoms with van der Waals surface area (Å²) >= 11 is 1.77. The van der Waals surface area contributed by atoms with Gasteiger partial charge in [-0.25, -0.2) is 4.68 Å². The predicted molar refractivity (Wildman–Crippen MR) is 136 cm³/mol. The number of amides is 1. The zero-order chi connectivity index (χ0) is 23.8. The number of ether oxygens (including phenoxy) is 1. The first-order valence-corrected chi connectivity index (χ1v) is 13.4. The fourth-order valence-corrected chi connectivity index (χ4v) is 6.27. The zero-order valence-corrected chi connectivity index (χ0v) is 20.5. The molecule has 1 amide bonds. The first kappa shape index (κ1) is 22.8. The largest absolute Gasteiger partial charge is 0.393 e. The topological polar surface area (TPSA) is 70.8 Å². The Morgan fingerprint density at radius 2 is 1.86 bits per heavy atom. The average molecular weight is 491 g/mol. The summed E-state index contributed by atoms with van der Waals surface area (Å²) in [4.78, 5) is 19.0. The number of aliphatic hydroxyl groups is 1. The maximum absolute atomic E-state index is 13.5. The summed E-state index contributed by atoms with van der Waals surface area (Å²) in [5, 5.41) is 14.8. The van der Waals surface area contributed by atoms with Gasteiger partial charge in [-0.05, 0) is 36.6 Å². The van der Waals surface area contributed by atoms with Gasteiger partial charge in [0.1, 0.15) is 0 Å². The maximum Gasteiger partial charge on any atom is 0.274 e. The lowest BCUT2D eigenvalue weighted by molar-refractivity contribution is 0.0298. The SMILES string of the molecule is O=C(c1nn(-c2cccc(CN3CCC(O)CC3)c2)c2c1CSc1ccccc1-2)N1CCOCC1. The van der Waals surface area contributed by atoms with E-state index in [-0.39, 0.29) is 12.0 Å². The molecule has 6 rings (SSSR count). The molecule has 0 unspecified atom stereocenters. The smallest absolute Gasteiger partial charge is 0.274 e. The summed E-state index contributed by atoms with van der Waals surface area (Å²) in [6, 6.07) is 16.9. The van der Waals surface area contributed by atoms with Crippen molar-refractivity contribution in [2.24, 2.45) is 0 Å². The van der Waals surface area contributed by atoms with Gasteiger partial charge in [-0.2, -0.15) is 5.10 Å². The first-order chi connectivity index (χ1) is 17.2. The van der Waals surface area contributed by atoms with Crippen molar-refractivity contribution in [1.29, 1.82) is 0 Å². The molecule has 0 saturated carbocycles. The Bertz CT molecular complexity index is 1230. The summed E-state index contributed by atoms with van der Waals surface area (Å²) in [6.07, 6.45) is 1.48. The third-order valence-corrected chi connectivity index (χ3v) is 8.22. The average Bonchev–Trinajstić information content (AvgIpc) is 3.31. The van der Waals surface area contributed by atoms with Crippen molar-refractivity contribution < 1.29 is 14.6 Å². The summed E-state index contributed by atoms with van der Waals surface area (Å²) in [6.45, 7) is 5.00. The van der Waals surface area contributed by atoms with Gasteiger partial charge < -0.3 is 14.7 Å². The predicted octanol–water partition coefficient (Wildman–Crippen LogP) is 3.57. The van der Waals surface area contributed by atoms with Crippen LogP contribution in [0.1, 0.15) is 34.5 Å². The number of carbonyl (C=O) groups excluding carboxylic acids is 1. The van der Waals surface area contributed by atoms with Crippen molar-refractivity contribution in [2.75, 3.05) is 39.4 Å². The van der Waals surface area contributed by atoms with E-state index in [4.69, 9.17) is 9.84 Å². The standard InChI is InChI=1S/C27H30N4O3S/c32-21-8-10-29(11-9-21)17-19-4-3-5-20(16-19)31-26-22-6-1-2-7-24(22)35-18-23(26)25(28-31)27(33)30-12-14-34-15-13-30/h1-7,16,21,32H,8-15,17-18H2. The number of fused-ring (bicyclic) bond motifs is 3. The lowest BCUT2D eigenvalue weighted by Gasteiger charge is -2.29. The molecule has 2 fully saturated rings. The molecule has 0 radical (unpaired) electrons. The monoisotopic (exact) mass is 490 g/mol. The lowest BCUT2D eigenvalue weighted by atomic mass is 10.0.